The van der Waals surface area contributed by atoms with Gasteiger partial charge in [0.05, 0.1) is 11.2 Å². The summed E-state index contributed by atoms with van der Waals surface area (Å²) in [6.07, 6.45) is 1.85. The first-order chi connectivity index (χ1) is 8.35. The largest absolute Gasteiger partial charge is 0.507 e. The number of rotatable bonds is 5. The van der Waals surface area contributed by atoms with Crippen LogP contribution in [-0.2, 0) is 0 Å². The Morgan fingerprint density at radius 1 is 1.56 bits per heavy atom. The second-order valence-corrected chi connectivity index (χ2v) is 5.14. The Kier molecular flexibility index (Phi) is 4.98. The lowest BCUT2D eigenvalue weighted by Crippen LogP contribution is -2.42. The lowest BCUT2D eigenvalue weighted by atomic mass is 10.1. The van der Waals surface area contributed by atoms with Crippen LogP contribution in [0.4, 0.5) is 4.39 Å². The van der Waals surface area contributed by atoms with E-state index in [2.05, 4.69) is 5.32 Å². The number of halogens is 1. The number of carbonyl (C=O) groups is 1. The number of phenols is 1. The molecule has 1 aromatic rings. The molecule has 0 aliphatic heterocycles. The lowest BCUT2D eigenvalue weighted by molar-refractivity contribution is 0.0723. The molecule has 6 heteroatoms. The first-order valence-corrected chi connectivity index (χ1v) is 6.73. The topological polar surface area (TPSA) is 69.6 Å². The smallest absolute Gasteiger partial charge is 0.255 e. The number of carbonyl (C=O) groups excluding carboxylic acids is 1. The van der Waals surface area contributed by atoms with Gasteiger partial charge in [-0.05, 0) is 25.3 Å². The van der Waals surface area contributed by atoms with Gasteiger partial charge in [-0.2, -0.15) is 11.8 Å². The number of aliphatic hydroxyl groups is 1. The van der Waals surface area contributed by atoms with Crippen LogP contribution >= 0.6 is 11.8 Å². The fourth-order valence-electron chi connectivity index (χ4n) is 1.42. The zero-order valence-electron chi connectivity index (χ0n) is 10.2. The van der Waals surface area contributed by atoms with E-state index in [-0.39, 0.29) is 12.1 Å². The monoisotopic (exact) mass is 273 g/mol. The van der Waals surface area contributed by atoms with Gasteiger partial charge in [0.1, 0.15) is 11.6 Å². The third kappa shape index (κ3) is 4.19. The zero-order valence-corrected chi connectivity index (χ0v) is 11.1. The molecular weight excluding hydrogens is 257 g/mol. The van der Waals surface area contributed by atoms with Gasteiger partial charge in [0, 0.05) is 18.4 Å². The summed E-state index contributed by atoms with van der Waals surface area (Å²) in [5, 5.41) is 21.8. The number of amides is 1. The molecule has 1 atom stereocenters. The SMILES string of the molecule is CSC[C@@](C)(O)CNC(=O)c1ccc(F)cc1O. The van der Waals surface area contributed by atoms with E-state index in [1.807, 2.05) is 6.26 Å². The van der Waals surface area contributed by atoms with E-state index >= 15 is 0 Å². The average molecular weight is 273 g/mol. The van der Waals surface area contributed by atoms with Crippen molar-refractivity contribution in [1.82, 2.24) is 5.32 Å². The third-order valence-electron chi connectivity index (χ3n) is 2.29. The normalized spacial score (nSPS) is 14.0. The van der Waals surface area contributed by atoms with Crippen molar-refractivity contribution in [2.45, 2.75) is 12.5 Å². The molecule has 0 bridgehead atoms. The first-order valence-electron chi connectivity index (χ1n) is 5.34. The highest BCUT2D eigenvalue weighted by atomic mass is 32.2. The average Bonchev–Trinajstić information content (AvgIpc) is 2.26. The van der Waals surface area contributed by atoms with Gasteiger partial charge in [0.25, 0.3) is 5.91 Å². The van der Waals surface area contributed by atoms with Gasteiger partial charge >= 0.3 is 0 Å². The molecule has 0 heterocycles. The number of phenolic OH excluding ortho intramolecular Hbond substituents is 1. The number of hydrogen-bond acceptors (Lipinski definition) is 4. The minimum atomic E-state index is -1.02. The van der Waals surface area contributed by atoms with Crippen molar-refractivity contribution in [2.24, 2.45) is 0 Å². The summed E-state index contributed by atoms with van der Waals surface area (Å²) in [7, 11) is 0. The van der Waals surface area contributed by atoms with Crippen LogP contribution in [0.5, 0.6) is 5.75 Å². The summed E-state index contributed by atoms with van der Waals surface area (Å²) >= 11 is 1.46. The molecule has 0 unspecified atom stereocenters. The first kappa shape index (κ1) is 14.8. The molecule has 0 saturated carbocycles. The molecule has 0 aromatic heterocycles. The predicted molar refractivity (Wildman–Crippen MR) is 69.4 cm³/mol. The maximum absolute atomic E-state index is 12.8. The molecule has 0 aliphatic rings. The van der Waals surface area contributed by atoms with Crippen LogP contribution in [-0.4, -0.2) is 40.3 Å². The van der Waals surface area contributed by atoms with Gasteiger partial charge in [-0.1, -0.05) is 0 Å². The molecule has 100 valence electrons. The van der Waals surface area contributed by atoms with Crippen LogP contribution in [0, 0.1) is 5.82 Å². The van der Waals surface area contributed by atoms with Crippen LogP contribution in [0.1, 0.15) is 17.3 Å². The predicted octanol–water partition coefficient (Wildman–Crippen LogP) is 1.38. The number of aromatic hydroxyl groups is 1. The van der Waals surface area contributed by atoms with E-state index in [4.69, 9.17) is 0 Å². The van der Waals surface area contributed by atoms with Crippen LogP contribution < -0.4 is 5.32 Å². The van der Waals surface area contributed by atoms with E-state index in [9.17, 15) is 19.4 Å². The Labute approximate surface area is 109 Å². The standard InChI is InChI=1S/C12H16FNO3S/c1-12(17,7-18-2)6-14-11(16)9-4-3-8(13)5-10(9)15/h3-5,15,17H,6-7H2,1-2H3,(H,14,16)/t12-/m0/s1. The molecule has 0 spiro atoms. The number of nitrogens with one attached hydrogen (secondary N) is 1. The van der Waals surface area contributed by atoms with Crippen molar-refractivity contribution in [3.05, 3.63) is 29.6 Å². The summed E-state index contributed by atoms with van der Waals surface area (Å²) in [5.41, 5.74) is -1.04. The highest BCUT2D eigenvalue weighted by molar-refractivity contribution is 7.98. The third-order valence-corrected chi connectivity index (χ3v) is 3.20. The molecule has 0 radical (unpaired) electrons. The number of benzene rings is 1. The highest BCUT2D eigenvalue weighted by Crippen LogP contribution is 2.18. The molecule has 1 amide bonds. The minimum absolute atomic E-state index is 0.0173. The molecule has 0 fully saturated rings. The number of hydrogen-bond donors (Lipinski definition) is 3. The van der Waals surface area contributed by atoms with Crippen molar-refractivity contribution < 1.29 is 19.4 Å². The molecule has 1 aromatic carbocycles. The van der Waals surface area contributed by atoms with E-state index in [1.165, 1.54) is 17.8 Å². The van der Waals surface area contributed by atoms with Crippen LogP contribution in [0.3, 0.4) is 0 Å². The second kappa shape index (κ2) is 6.06. The Morgan fingerprint density at radius 2 is 2.22 bits per heavy atom. The molecule has 3 N–H and O–H groups in total. The van der Waals surface area contributed by atoms with Gasteiger partial charge in [-0.15, -0.1) is 0 Å². The highest BCUT2D eigenvalue weighted by Gasteiger charge is 2.21. The van der Waals surface area contributed by atoms with Gasteiger partial charge < -0.3 is 15.5 Å². The van der Waals surface area contributed by atoms with Gasteiger partial charge in [-0.25, -0.2) is 4.39 Å². The summed E-state index contributed by atoms with van der Waals surface area (Å²) in [4.78, 5) is 11.7. The quantitative estimate of drug-likeness (QED) is 0.758. The summed E-state index contributed by atoms with van der Waals surface area (Å²) in [6.45, 7) is 1.66. The van der Waals surface area contributed by atoms with Crippen molar-refractivity contribution in [3.8, 4) is 5.75 Å². The van der Waals surface area contributed by atoms with Crippen molar-refractivity contribution >= 4 is 17.7 Å². The van der Waals surface area contributed by atoms with E-state index < -0.39 is 23.1 Å². The molecule has 0 saturated heterocycles. The Bertz CT molecular complexity index is 437. The van der Waals surface area contributed by atoms with E-state index in [0.717, 1.165) is 12.1 Å². The summed E-state index contributed by atoms with van der Waals surface area (Å²) < 4.78 is 12.8. The van der Waals surface area contributed by atoms with Crippen molar-refractivity contribution in [2.75, 3.05) is 18.6 Å². The van der Waals surface area contributed by atoms with Gasteiger partial charge in [0.15, 0.2) is 0 Å². The van der Waals surface area contributed by atoms with E-state index in [0.29, 0.717) is 5.75 Å². The summed E-state index contributed by atoms with van der Waals surface area (Å²) in [5.74, 6) is -1.10. The molecule has 18 heavy (non-hydrogen) atoms. The molecular formula is C12H16FNO3S. The Hall–Kier alpha value is -1.27. The van der Waals surface area contributed by atoms with Crippen LogP contribution in [0.25, 0.3) is 0 Å². The summed E-state index contributed by atoms with van der Waals surface area (Å²) in [6, 6.07) is 3.16. The van der Waals surface area contributed by atoms with Crippen molar-refractivity contribution in [3.63, 3.8) is 0 Å². The van der Waals surface area contributed by atoms with Gasteiger partial charge in [0.2, 0.25) is 0 Å². The molecule has 1 rings (SSSR count). The van der Waals surface area contributed by atoms with Gasteiger partial charge in [-0.3, -0.25) is 4.79 Å². The Balaban J connectivity index is 2.66. The minimum Gasteiger partial charge on any atom is -0.507 e. The second-order valence-electron chi connectivity index (χ2n) is 4.27. The fraction of sp³-hybridized carbons (Fsp3) is 0.417. The maximum Gasteiger partial charge on any atom is 0.255 e. The maximum atomic E-state index is 12.8. The van der Waals surface area contributed by atoms with Crippen LogP contribution in [0.15, 0.2) is 18.2 Å². The lowest BCUT2D eigenvalue weighted by Gasteiger charge is -2.22. The molecule has 0 aliphatic carbocycles. The molecule has 4 nitrogen and oxygen atoms in total. The number of thioether (sulfide) groups is 1. The Morgan fingerprint density at radius 3 is 2.78 bits per heavy atom. The zero-order chi connectivity index (χ0) is 13.8. The fourth-order valence-corrected chi connectivity index (χ4v) is 2.15. The van der Waals surface area contributed by atoms with Crippen LogP contribution in [0.2, 0.25) is 0 Å². The van der Waals surface area contributed by atoms with Crippen molar-refractivity contribution in [1.29, 1.82) is 0 Å². The van der Waals surface area contributed by atoms with E-state index in [1.54, 1.807) is 6.92 Å².